The summed E-state index contributed by atoms with van der Waals surface area (Å²) < 4.78 is 29.1. The van der Waals surface area contributed by atoms with E-state index in [-0.39, 0.29) is 17.3 Å². The molecule has 0 bridgehead atoms. The normalized spacial score (nSPS) is 11.5. The monoisotopic (exact) mass is 290 g/mol. The van der Waals surface area contributed by atoms with Crippen molar-refractivity contribution in [2.45, 2.75) is 19.8 Å². The summed E-state index contributed by atoms with van der Waals surface area (Å²) in [4.78, 5) is 12.4. The van der Waals surface area contributed by atoms with E-state index in [0.717, 1.165) is 12.1 Å². The predicted molar refractivity (Wildman–Crippen MR) is 72.6 cm³/mol. The third-order valence-corrected chi connectivity index (χ3v) is 3.19. The third-order valence-electron chi connectivity index (χ3n) is 3.19. The SMILES string of the molecule is CC(C)c1nnc2c(=O)n(-c3ccc(F)c(F)c3)ccn12. The van der Waals surface area contributed by atoms with Gasteiger partial charge in [0.05, 0.1) is 5.69 Å². The van der Waals surface area contributed by atoms with Crippen LogP contribution in [0.15, 0.2) is 35.4 Å². The molecular weight excluding hydrogens is 278 g/mol. The van der Waals surface area contributed by atoms with E-state index in [1.54, 1.807) is 10.6 Å². The molecule has 5 nitrogen and oxygen atoms in total. The Morgan fingerprint density at radius 3 is 2.52 bits per heavy atom. The van der Waals surface area contributed by atoms with Gasteiger partial charge < -0.3 is 0 Å². The van der Waals surface area contributed by atoms with Crippen LogP contribution < -0.4 is 5.56 Å². The van der Waals surface area contributed by atoms with Gasteiger partial charge in [0.1, 0.15) is 5.82 Å². The Labute approximate surface area is 118 Å². The van der Waals surface area contributed by atoms with Gasteiger partial charge in [0.15, 0.2) is 11.6 Å². The molecule has 0 spiro atoms. The third kappa shape index (κ3) is 2.10. The fourth-order valence-corrected chi connectivity index (χ4v) is 2.14. The van der Waals surface area contributed by atoms with Crippen LogP contribution >= 0.6 is 0 Å². The van der Waals surface area contributed by atoms with Crippen LogP contribution in [0.1, 0.15) is 25.6 Å². The Kier molecular flexibility index (Phi) is 3.04. The van der Waals surface area contributed by atoms with Crippen LogP contribution in [0.25, 0.3) is 11.3 Å². The molecule has 0 saturated carbocycles. The highest BCUT2D eigenvalue weighted by Gasteiger charge is 2.14. The summed E-state index contributed by atoms with van der Waals surface area (Å²) in [7, 11) is 0. The van der Waals surface area contributed by atoms with Crippen molar-refractivity contribution in [1.82, 2.24) is 19.2 Å². The first-order valence-electron chi connectivity index (χ1n) is 6.40. The fraction of sp³-hybridized carbons (Fsp3) is 0.214. The number of fused-ring (bicyclic) bond motifs is 1. The maximum atomic E-state index is 13.3. The number of halogens is 2. The molecule has 0 atom stereocenters. The summed E-state index contributed by atoms with van der Waals surface area (Å²) in [5.74, 6) is -1.20. The molecule has 0 saturated heterocycles. The van der Waals surface area contributed by atoms with Gasteiger partial charge in [-0.25, -0.2) is 8.78 Å². The average molecular weight is 290 g/mol. The molecule has 0 aliphatic rings. The van der Waals surface area contributed by atoms with Crippen molar-refractivity contribution in [3.8, 4) is 5.69 Å². The molecular formula is C14H12F2N4O. The van der Waals surface area contributed by atoms with E-state index in [1.165, 1.54) is 16.8 Å². The molecule has 2 aromatic heterocycles. The smallest absolute Gasteiger partial charge is 0.280 e. The van der Waals surface area contributed by atoms with E-state index in [1.807, 2.05) is 13.8 Å². The lowest BCUT2D eigenvalue weighted by atomic mass is 10.2. The lowest BCUT2D eigenvalue weighted by molar-refractivity contribution is 0.508. The molecule has 21 heavy (non-hydrogen) atoms. The van der Waals surface area contributed by atoms with Crippen LogP contribution in [0.4, 0.5) is 8.78 Å². The molecule has 0 radical (unpaired) electrons. The molecule has 0 unspecified atom stereocenters. The van der Waals surface area contributed by atoms with Crippen molar-refractivity contribution in [2.75, 3.05) is 0 Å². The number of rotatable bonds is 2. The van der Waals surface area contributed by atoms with Gasteiger partial charge >= 0.3 is 5.56 Å². The van der Waals surface area contributed by atoms with E-state index < -0.39 is 17.2 Å². The Morgan fingerprint density at radius 1 is 1.10 bits per heavy atom. The maximum absolute atomic E-state index is 13.3. The average Bonchev–Trinajstić information content (AvgIpc) is 2.87. The van der Waals surface area contributed by atoms with E-state index in [0.29, 0.717) is 5.82 Å². The fourth-order valence-electron chi connectivity index (χ4n) is 2.14. The highest BCUT2D eigenvalue weighted by atomic mass is 19.2. The predicted octanol–water partition coefficient (Wildman–Crippen LogP) is 2.28. The lowest BCUT2D eigenvalue weighted by Crippen LogP contribution is -2.20. The minimum atomic E-state index is -1.01. The summed E-state index contributed by atoms with van der Waals surface area (Å²) in [6.07, 6.45) is 3.12. The van der Waals surface area contributed by atoms with Crippen molar-refractivity contribution < 1.29 is 8.78 Å². The Balaban J connectivity index is 2.23. The van der Waals surface area contributed by atoms with Crippen molar-refractivity contribution in [3.63, 3.8) is 0 Å². The Hall–Kier alpha value is -2.57. The first-order chi connectivity index (χ1) is 9.99. The highest BCUT2D eigenvalue weighted by Crippen LogP contribution is 2.14. The minimum Gasteiger partial charge on any atom is -0.280 e. The molecule has 0 amide bonds. The number of hydrogen-bond donors (Lipinski definition) is 0. The standard InChI is InChI=1S/C14H12F2N4O/c1-8(2)12-17-18-13-14(21)19(5-6-20(12)13)9-3-4-10(15)11(16)7-9/h3-8H,1-2H3. The summed E-state index contributed by atoms with van der Waals surface area (Å²) in [6, 6.07) is 3.27. The van der Waals surface area contributed by atoms with Crippen LogP contribution in [0.5, 0.6) is 0 Å². The molecule has 0 aliphatic carbocycles. The second kappa shape index (κ2) is 4.76. The van der Waals surface area contributed by atoms with Crippen molar-refractivity contribution in [2.24, 2.45) is 0 Å². The van der Waals surface area contributed by atoms with Gasteiger partial charge in [0.2, 0.25) is 5.65 Å². The molecule has 1 aromatic carbocycles. The number of hydrogen-bond acceptors (Lipinski definition) is 3. The van der Waals surface area contributed by atoms with Gasteiger partial charge in [-0.05, 0) is 12.1 Å². The van der Waals surface area contributed by atoms with Gasteiger partial charge in [-0.2, -0.15) is 0 Å². The van der Waals surface area contributed by atoms with Crippen LogP contribution in [-0.2, 0) is 0 Å². The molecule has 7 heteroatoms. The van der Waals surface area contributed by atoms with Crippen LogP contribution in [0.2, 0.25) is 0 Å². The molecule has 108 valence electrons. The summed E-state index contributed by atoms with van der Waals surface area (Å²) in [6.45, 7) is 3.88. The minimum absolute atomic E-state index is 0.110. The molecule has 2 heterocycles. The van der Waals surface area contributed by atoms with Crippen molar-refractivity contribution in [1.29, 1.82) is 0 Å². The second-order valence-corrected chi connectivity index (χ2v) is 4.98. The number of aromatic nitrogens is 4. The first kappa shape index (κ1) is 13.4. The molecule has 0 N–H and O–H groups in total. The Bertz CT molecular complexity index is 882. The van der Waals surface area contributed by atoms with Crippen molar-refractivity contribution >= 4 is 5.65 Å². The first-order valence-corrected chi connectivity index (χ1v) is 6.40. The topological polar surface area (TPSA) is 52.2 Å². The van der Waals surface area contributed by atoms with Crippen LogP contribution in [-0.4, -0.2) is 19.2 Å². The Morgan fingerprint density at radius 2 is 1.86 bits per heavy atom. The summed E-state index contributed by atoms with van der Waals surface area (Å²) in [5, 5.41) is 7.87. The zero-order chi connectivity index (χ0) is 15.1. The second-order valence-electron chi connectivity index (χ2n) is 4.98. The largest absolute Gasteiger partial charge is 0.300 e. The molecule has 0 fully saturated rings. The molecule has 3 rings (SSSR count). The number of benzene rings is 1. The zero-order valence-electron chi connectivity index (χ0n) is 11.4. The van der Waals surface area contributed by atoms with Gasteiger partial charge in [0.25, 0.3) is 0 Å². The zero-order valence-corrected chi connectivity index (χ0v) is 11.4. The van der Waals surface area contributed by atoms with Gasteiger partial charge in [-0.1, -0.05) is 13.8 Å². The lowest BCUT2D eigenvalue weighted by Gasteiger charge is -2.07. The van der Waals surface area contributed by atoms with E-state index in [4.69, 9.17) is 0 Å². The van der Waals surface area contributed by atoms with E-state index in [9.17, 15) is 13.6 Å². The van der Waals surface area contributed by atoms with E-state index >= 15 is 0 Å². The highest BCUT2D eigenvalue weighted by molar-refractivity contribution is 5.41. The molecule has 3 aromatic rings. The number of nitrogens with zero attached hydrogens (tertiary/aromatic N) is 4. The van der Waals surface area contributed by atoms with Gasteiger partial charge in [-0.3, -0.25) is 13.8 Å². The van der Waals surface area contributed by atoms with E-state index in [2.05, 4.69) is 10.2 Å². The summed E-state index contributed by atoms with van der Waals surface area (Å²) >= 11 is 0. The summed E-state index contributed by atoms with van der Waals surface area (Å²) in [5.41, 5.74) is -0.0654. The quantitative estimate of drug-likeness (QED) is 0.727. The van der Waals surface area contributed by atoms with Gasteiger partial charge in [0, 0.05) is 24.4 Å². The molecule has 0 aliphatic heterocycles. The van der Waals surface area contributed by atoms with Gasteiger partial charge in [-0.15, -0.1) is 10.2 Å². The van der Waals surface area contributed by atoms with Crippen LogP contribution in [0.3, 0.4) is 0 Å². The van der Waals surface area contributed by atoms with Crippen LogP contribution in [0, 0.1) is 11.6 Å². The van der Waals surface area contributed by atoms with Crippen molar-refractivity contribution in [3.05, 3.63) is 58.4 Å². The maximum Gasteiger partial charge on any atom is 0.300 e.